The smallest absolute Gasteiger partial charge is 0.237 e. The minimum atomic E-state index is -3.22. The lowest BCUT2D eigenvalue weighted by atomic mass is 9.73. The van der Waals surface area contributed by atoms with Crippen LogP contribution in [0.15, 0.2) is 24.3 Å². The zero-order valence-corrected chi connectivity index (χ0v) is 25.5. The second kappa shape index (κ2) is 13.0. The minimum absolute atomic E-state index is 0.0207. The molecule has 8 nitrogen and oxygen atoms in total. The first kappa shape index (κ1) is 30.9. The molecule has 4 fully saturated rings. The topological polar surface area (TPSA) is 114 Å². The van der Waals surface area contributed by atoms with Gasteiger partial charge in [0.1, 0.15) is 5.82 Å². The summed E-state index contributed by atoms with van der Waals surface area (Å²) >= 11 is 0. The van der Waals surface area contributed by atoms with E-state index in [1.165, 1.54) is 12.1 Å². The van der Waals surface area contributed by atoms with E-state index in [9.17, 15) is 17.6 Å². The Bertz CT molecular complexity index is 1150. The van der Waals surface area contributed by atoms with Crippen molar-refractivity contribution in [1.29, 1.82) is 0 Å². The Balaban J connectivity index is 1.26. The lowest BCUT2D eigenvalue weighted by Crippen LogP contribution is -2.57. The number of hydrogen-bond acceptors (Lipinski definition) is 6. The fourth-order valence-corrected chi connectivity index (χ4v) is 9.69. The molecule has 1 saturated carbocycles. The average molecular weight is 593 g/mol. The van der Waals surface area contributed by atoms with Gasteiger partial charge in [0.15, 0.2) is 0 Å². The molecule has 4 N–H and O–H groups in total. The van der Waals surface area contributed by atoms with Gasteiger partial charge in [-0.05, 0) is 94.7 Å². The molecule has 1 unspecified atom stereocenters. The largest absolute Gasteiger partial charge is 0.376 e. The summed E-state index contributed by atoms with van der Waals surface area (Å²) < 4.78 is 47.4. The van der Waals surface area contributed by atoms with Gasteiger partial charge in [-0.15, -0.1) is 0 Å². The molecule has 3 aliphatic heterocycles. The molecule has 2 bridgehead atoms. The first-order valence-corrected chi connectivity index (χ1v) is 17.3. The van der Waals surface area contributed by atoms with Gasteiger partial charge in [0.2, 0.25) is 15.9 Å². The first-order valence-electron chi connectivity index (χ1n) is 15.7. The number of fused-ring (bicyclic) bond motifs is 2. The van der Waals surface area contributed by atoms with Crippen molar-refractivity contribution in [3.05, 3.63) is 35.6 Å². The quantitative estimate of drug-likeness (QED) is 0.425. The molecule has 0 spiro atoms. The van der Waals surface area contributed by atoms with Gasteiger partial charge >= 0.3 is 0 Å². The Morgan fingerprint density at radius 3 is 2.66 bits per heavy atom. The monoisotopic (exact) mass is 592 g/mol. The molecule has 230 valence electrons. The highest BCUT2D eigenvalue weighted by molar-refractivity contribution is 7.89. The van der Waals surface area contributed by atoms with E-state index in [1.54, 1.807) is 16.4 Å². The summed E-state index contributed by atoms with van der Waals surface area (Å²) in [5, 5.41) is 6.90. The summed E-state index contributed by atoms with van der Waals surface area (Å²) in [6.07, 6.45) is 8.95. The van der Waals surface area contributed by atoms with E-state index in [4.69, 9.17) is 10.5 Å². The second-order valence-corrected chi connectivity index (χ2v) is 15.5. The standard InChI is InChI=1S/C31H49FN4O4S/c1-31(2)18-23(15-16-40-31)28(22-9-12-24(32)13-10-22)29(33)30(37)35-27-8-4-3-6-21(27)11-14-26-19-34-25-7-5-17-41(38,39)36(26)20-25/h9-10,12-13,21,23,25-29,34H,3-8,11,14-20,33H2,1-2H3,(H,35,37)/t21-,23+,25-,26+,27+,28+,29+/m1/s1. The summed E-state index contributed by atoms with van der Waals surface area (Å²) in [7, 11) is -3.22. The van der Waals surface area contributed by atoms with E-state index in [2.05, 4.69) is 24.5 Å². The third-order valence-corrected chi connectivity index (χ3v) is 12.0. The molecule has 1 aromatic carbocycles. The zero-order valence-electron chi connectivity index (χ0n) is 24.7. The number of nitrogens with two attached hydrogens (primary N) is 1. The molecule has 41 heavy (non-hydrogen) atoms. The normalized spacial score (nSPS) is 34.6. The lowest BCUT2D eigenvalue weighted by Gasteiger charge is -2.42. The molecule has 1 aromatic rings. The van der Waals surface area contributed by atoms with Gasteiger partial charge in [0.25, 0.3) is 0 Å². The molecule has 0 aromatic heterocycles. The lowest BCUT2D eigenvalue weighted by molar-refractivity contribution is -0.126. The number of carbonyl (C=O) groups is 1. The van der Waals surface area contributed by atoms with E-state index in [-0.39, 0.29) is 53.0 Å². The number of amides is 1. The summed E-state index contributed by atoms with van der Waals surface area (Å²) in [4.78, 5) is 13.8. The molecular weight excluding hydrogens is 543 g/mol. The van der Waals surface area contributed by atoms with Gasteiger partial charge in [0.05, 0.1) is 17.4 Å². The zero-order chi connectivity index (χ0) is 29.2. The van der Waals surface area contributed by atoms with E-state index < -0.39 is 16.1 Å². The Morgan fingerprint density at radius 2 is 1.90 bits per heavy atom. The Hall–Kier alpha value is -1.59. The van der Waals surface area contributed by atoms with Gasteiger partial charge in [-0.25, -0.2) is 12.8 Å². The van der Waals surface area contributed by atoms with Crippen molar-refractivity contribution in [2.24, 2.45) is 17.6 Å². The highest BCUT2D eigenvalue weighted by atomic mass is 32.2. The number of nitrogens with zero attached hydrogens (tertiary/aromatic N) is 1. The molecule has 8 atom stereocenters. The van der Waals surface area contributed by atoms with Gasteiger partial charge in [-0.2, -0.15) is 4.31 Å². The maximum absolute atomic E-state index is 13.8. The van der Waals surface area contributed by atoms with Crippen molar-refractivity contribution >= 4 is 15.9 Å². The Kier molecular flexibility index (Phi) is 9.75. The van der Waals surface area contributed by atoms with Crippen LogP contribution in [0.4, 0.5) is 4.39 Å². The van der Waals surface area contributed by atoms with Crippen molar-refractivity contribution in [2.75, 3.05) is 25.4 Å². The van der Waals surface area contributed by atoms with Gasteiger partial charge in [-0.3, -0.25) is 4.79 Å². The Morgan fingerprint density at radius 1 is 1.15 bits per heavy atom. The van der Waals surface area contributed by atoms with Crippen molar-refractivity contribution in [2.45, 2.75) is 114 Å². The number of sulfonamides is 1. The van der Waals surface area contributed by atoms with Gasteiger partial charge < -0.3 is 21.1 Å². The predicted octanol–water partition coefficient (Wildman–Crippen LogP) is 3.66. The molecule has 1 amide bonds. The highest BCUT2D eigenvalue weighted by Crippen LogP contribution is 2.40. The summed E-state index contributed by atoms with van der Waals surface area (Å²) in [5.41, 5.74) is 7.36. The summed E-state index contributed by atoms with van der Waals surface area (Å²) in [6.45, 7) is 6.01. The molecule has 4 aliphatic rings. The molecule has 3 heterocycles. The number of rotatable bonds is 8. The third kappa shape index (κ3) is 7.50. The molecular formula is C31H49FN4O4S. The van der Waals surface area contributed by atoms with Crippen LogP contribution in [-0.2, 0) is 19.6 Å². The van der Waals surface area contributed by atoms with E-state index >= 15 is 0 Å². The molecule has 3 saturated heterocycles. The van der Waals surface area contributed by atoms with Crippen LogP contribution in [0.3, 0.4) is 0 Å². The average Bonchev–Trinajstić information content (AvgIpc) is 3.04. The van der Waals surface area contributed by atoms with Crippen molar-refractivity contribution in [3.8, 4) is 0 Å². The predicted molar refractivity (Wildman–Crippen MR) is 158 cm³/mol. The summed E-state index contributed by atoms with van der Waals surface area (Å²) in [6, 6.07) is 5.90. The van der Waals surface area contributed by atoms with Crippen LogP contribution >= 0.6 is 0 Å². The van der Waals surface area contributed by atoms with E-state index in [0.29, 0.717) is 32.0 Å². The number of piperazine rings is 1. The third-order valence-electron chi connectivity index (χ3n) is 10.1. The maximum Gasteiger partial charge on any atom is 0.237 e. The minimum Gasteiger partial charge on any atom is -0.376 e. The fraction of sp³-hybridized carbons (Fsp3) is 0.774. The van der Waals surface area contributed by atoms with Crippen molar-refractivity contribution in [3.63, 3.8) is 0 Å². The first-order chi connectivity index (χ1) is 19.5. The van der Waals surface area contributed by atoms with Crippen LogP contribution in [0.25, 0.3) is 0 Å². The molecule has 5 rings (SSSR count). The number of ether oxygens (including phenoxy) is 1. The Labute approximate surface area is 245 Å². The highest BCUT2D eigenvalue weighted by Gasteiger charge is 2.41. The summed E-state index contributed by atoms with van der Waals surface area (Å²) in [5.74, 6) is -0.0298. The van der Waals surface area contributed by atoms with E-state index in [0.717, 1.165) is 63.4 Å². The number of benzene rings is 1. The number of carbonyl (C=O) groups excluding carboxylic acids is 1. The van der Waals surface area contributed by atoms with Crippen LogP contribution in [0.1, 0.15) is 89.5 Å². The van der Waals surface area contributed by atoms with Crippen LogP contribution in [0, 0.1) is 17.7 Å². The van der Waals surface area contributed by atoms with Crippen molar-refractivity contribution in [1.82, 2.24) is 14.9 Å². The number of hydrogen-bond donors (Lipinski definition) is 3. The SMILES string of the molecule is CC1(C)C[C@@H]([C@H](c2ccc(F)cc2)[C@H](N)C(=O)N[C@H]2CCCC[C@@H]2CC[C@H]2CN[C@@H]3CCCS(=O)(=O)N2C3)CCO1. The number of nitrogens with one attached hydrogen (secondary N) is 2. The van der Waals surface area contributed by atoms with Crippen LogP contribution in [-0.4, -0.2) is 73.8 Å². The van der Waals surface area contributed by atoms with Gasteiger partial charge in [0, 0.05) is 43.7 Å². The number of halogens is 1. The van der Waals surface area contributed by atoms with Crippen LogP contribution in [0.2, 0.25) is 0 Å². The van der Waals surface area contributed by atoms with Gasteiger partial charge in [-0.1, -0.05) is 25.0 Å². The van der Waals surface area contributed by atoms with E-state index in [1.807, 2.05) is 0 Å². The molecule has 0 radical (unpaired) electrons. The molecule has 10 heteroatoms. The fourth-order valence-electron chi connectivity index (χ4n) is 7.88. The van der Waals surface area contributed by atoms with Crippen LogP contribution in [0.5, 0.6) is 0 Å². The molecule has 1 aliphatic carbocycles. The van der Waals surface area contributed by atoms with Crippen LogP contribution < -0.4 is 16.4 Å². The second-order valence-electron chi connectivity index (χ2n) is 13.5. The van der Waals surface area contributed by atoms with Crippen molar-refractivity contribution < 1.29 is 22.3 Å². The maximum atomic E-state index is 13.8.